The van der Waals surface area contributed by atoms with Gasteiger partial charge in [-0.25, -0.2) is 8.78 Å². The molecule has 1 aromatic rings. The predicted molar refractivity (Wildman–Crippen MR) is 67.7 cm³/mol. The number of benzene rings is 1. The van der Waals surface area contributed by atoms with Crippen molar-refractivity contribution in [2.45, 2.75) is 44.6 Å². The zero-order valence-electron chi connectivity index (χ0n) is 11.1. The second-order valence-electron chi connectivity index (χ2n) is 5.04. The van der Waals surface area contributed by atoms with E-state index in [1.54, 1.807) is 0 Å². The molecule has 0 amide bonds. The summed E-state index contributed by atoms with van der Waals surface area (Å²) in [6, 6.07) is 3.37. The summed E-state index contributed by atoms with van der Waals surface area (Å²) in [4.78, 5) is 0. The third-order valence-corrected chi connectivity index (χ3v) is 3.61. The molecule has 0 aliphatic carbocycles. The Kier molecular flexibility index (Phi) is 4.50. The van der Waals surface area contributed by atoms with Gasteiger partial charge < -0.3 is 15.2 Å². The predicted octanol–water partition coefficient (Wildman–Crippen LogP) is 2.15. The van der Waals surface area contributed by atoms with Crippen molar-refractivity contribution in [2.24, 2.45) is 0 Å². The molecule has 4 atom stereocenters. The topological polar surface area (TPSA) is 41.5 Å². The first kappa shape index (κ1) is 14.4. The Hall–Kier alpha value is -1.04. The van der Waals surface area contributed by atoms with E-state index in [1.165, 1.54) is 6.07 Å². The summed E-state index contributed by atoms with van der Waals surface area (Å²) in [6.45, 7) is 4.49. The minimum atomic E-state index is -0.943. The van der Waals surface area contributed by atoms with Crippen LogP contribution in [0.1, 0.15) is 31.9 Å². The molecule has 3 nitrogen and oxygen atoms in total. The summed E-state index contributed by atoms with van der Waals surface area (Å²) in [5.41, 5.74) is 0.366. The standard InChI is InChI=1S/C14H19F2NO2/c1-8(17-13-5-6-19-9(13)2)14(18)10-3-4-11(15)12(16)7-10/h3-4,7-9,13-14,17-18H,5-6H2,1-2H3. The average molecular weight is 271 g/mol. The smallest absolute Gasteiger partial charge is 0.159 e. The fourth-order valence-corrected chi connectivity index (χ4v) is 2.36. The summed E-state index contributed by atoms with van der Waals surface area (Å²) in [5.74, 6) is -1.85. The summed E-state index contributed by atoms with van der Waals surface area (Å²) in [7, 11) is 0. The first-order chi connectivity index (χ1) is 8.99. The Morgan fingerprint density at radius 1 is 1.37 bits per heavy atom. The molecule has 0 bridgehead atoms. The Bertz CT molecular complexity index is 441. The second kappa shape index (κ2) is 5.94. The normalized spacial score (nSPS) is 26.4. The molecule has 0 aromatic heterocycles. The highest BCUT2D eigenvalue weighted by Crippen LogP contribution is 2.21. The highest BCUT2D eigenvalue weighted by Gasteiger charge is 2.28. The molecule has 1 heterocycles. The Labute approximate surface area is 111 Å². The second-order valence-corrected chi connectivity index (χ2v) is 5.04. The van der Waals surface area contributed by atoms with Gasteiger partial charge >= 0.3 is 0 Å². The van der Waals surface area contributed by atoms with Crippen molar-refractivity contribution in [1.82, 2.24) is 5.32 Å². The molecule has 0 spiro atoms. The van der Waals surface area contributed by atoms with Gasteiger partial charge in [0.25, 0.3) is 0 Å². The maximum Gasteiger partial charge on any atom is 0.159 e. The molecule has 1 aliphatic heterocycles. The quantitative estimate of drug-likeness (QED) is 0.881. The molecule has 19 heavy (non-hydrogen) atoms. The maximum atomic E-state index is 13.1. The molecule has 0 radical (unpaired) electrons. The monoisotopic (exact) mass is 271 g/mol. The molecular formula is C14H19F2NO2. The number of halogens is 2. The number of rotatable bonds is 4. The van der Waals surface area contributed by atoms with Gasteiger partial charge in [0.05, 0.1) is 12.2 Å². The van der Waals surface area contributed by atoms with Crippen LogP contribution in [0.2, 0.25) is 0 Å². The number of aliphatic hydroxyl groups is 1. The van der Waals surface area contributed by atoms with Gasteiger partial charge in [-0.2, -0.15) is 0 Å². The largest absolute Gasteiger partial charge is 0.387 e. The van der Waals surface area contributed by atoms with Crippen LogP contribution in [-0.4, -0.2) is 29.9 Å². The van der Waals surface area contributed by atoms with Crippen molar-refractivity contribution in [1.29, 1.82) is 0 Å². The lowest BCUT2D eigenvalue weighted by Gasteiger charge is -2.26. The van der Waals surface area contributed by atoms with Crippen LogP contribution in [0, 0.1) is 11.6 Å². The number of nitrogens with one attached hydrogen (secondary N) is 1. The molecule has 4 unspecified atom stereocenters. The van der Waals surface area contributed by atoms with E-state index in [0.717, 1.165) is 18.6 Å². The fourth-order valence-electron chi connectivity index (χ4n) is 2.36. The van der Waals surface area contributed by atoms with Crippen LogP contribution in [0.4, 0.5) is 8.78 Å². The lowest BCUT2D eigenvalue weighted by atomic mass is 10.0. The minimum Gasteiger partial charge on any atom is -0.387 e. The Balaban J connectivity index is 2.01. The molecule has 5 heteroatoms. The van der Waals surface area contributed by atoms with Gasteiger partial charge in [0.1, 0.15) is 0 Å². The molecule has 2 rings (SSSR count). The van der Waals surface area contributed by atoms with Gasteiger partial charge in [-0.1, -0.05) is 6.07 Å². The third kappa shape index (κ3) is 3.29. The molecular weight excluding hydrogens is 252 g/mol. The molecule has 1 fully saturated rings. The molecule has 106 valence electrons. The summed E-state index contributed by atoms with van der Waals surface area (Å²) < 4.78 is 31.4. The Morgan fingerprint density at radius 2 is 2.11 bits per heavy atom. The van der Waals surface area contributed by atoms with Gasteiger partial charge in [-0.3, -0.25) is 0 Å². The summed E-state index contributed by atoms with van der Waals surface area (Å²) in [6.07, 6.45) is 0.0956. The van der Waals surface area contributed by atoms with Gasteiger partial charge in [-0.15, -0.1) is 0 Å². The van der Waals surface area contributed by atoms with Crippen molar-refractivity contribution >= 4 is 0 Å². The molecule has 1 aromatic carbocycles. The maximum absolute atomic E-state index is 13.1. The highest BCUT2D eigenvalue weighted by atomic mass is 19.2. The van der Waals surface area contributed by atoms with Crippen LogP contribution in [0.5, 0.6) is 0 Å². The van der Waals surface area contributed by atoms with Crippen LogP contribution in [0.3, 0.4) is 0 Å². The third-order valence-electron chi connectivity index (χ3n) is 3.61. The van der Waals surface area contributed by atoms with Gasteiger partial charge in [0.2, 0.25) is 0 Å². The fraction of sp³-hybridized carbons (Fsp3) is 0.571. The Morgan fingerprint density at radius 3 is 2.68 bits per heavy atom. The van der Waals surface area contributed by atoms with E-state index in [-0.39, 0.29) is 18.2 Å². The van der Waals surface area contributed by atoms with E-state index < -0.39 is 17.7 Å². The van der Waals surface area contributed by atoms with Crippen molar-refractivity contribution in [3.8, 4) is 0 Å². The van der Waals surface area contributed by atoms with E-state index in [2.05, 4.69) is 5.32 Å². The molecule has 2 N–H and O–H groups in total. The first-order valence-electron chi connectivity index (χ1n) is 6.49. The van der Waals surface area contributed by atoms with Gasteiger partial charge in [0.15, 0.2) is 11.6 Å². The zero-order chi connectivity index (χ0) is 14.0. The molecule has 1 saturated heterocycles. The lowest BCUT2D eigenvalue weighted by Crippen LogP contribution is -2.43. The van der Waals surface area contributed by atoms with Crippen molar-refractivity contribution in [3.05, 3.63) is 35.4 Å². The van der Waals surface area contributed by atoms with Crippen molar-refractivity contribution in [2.75, 3.05) is 6.61 Å². The minimum absolute atomic E-state index is 0.0969. The van der Waals surface area contributed by atoms with Crippen LogP contribution in [-0.2, 0) is 4.74 Å². The number of ether oxygens (including phenoxy) is 1. The lowest BCUT2D eigenvalue weighted by molar-refractivity contribution is 0.0935. The summed E-state index contributed by atoms with van der Waals surface area (Å²) >= 11 is 0. The number of hydrogen-bond donors (Lipinski definition) is 2. The van der Waals surface area contributed by atoms with E-state index in [1.807, 2.05) is 13.8 Å². The van der Waals surface area contributed by atoms with E-state index >= 15 is 0 Å². The molecule has 1 aliphatic rings. The van der Waals surface area contributed by atoms with Crippen LogP contribution < -0.4 is 5.32 Å². The van der Waals surface area contributed by atoms with Crippen LogP contribution in [0.25, 0.3) is 0 Å². The van der Waals surface area contributed by atoms with E-state index in [0.29, 0.717) is 12.2 Å². The SMILES string of the molecule is CC(NC1CCOC1C)C(O)c1ccc(F)c(F)c1. The van der Waals surface area contributed by atoms with Crippen LogP contribution in [0.15, 0.2) is 18.2 Å². The summed E-state index contributed by atoms with van der Waals surface area (Å²) in [5, 5.41) is 13.4. The van der Waals surface area contributed by atoms with Crippen LogP contribution >= 0.6 is 0 Å². The number of hydrogen-bond acceptors (Lipinski definition) is 3. The van der Waals surface area contributed by atoms with E-state index in [9.17, 15) is 13.9 Å². The van der Waals surface area contributed by atoms with Crippen molar-refractivity contribution < 1.29 is 18.6 Å². The zero-order valence-corrected chi connectivity index (χ0v) is 11.1. The average Bonchev–Trinajstić information content (AvgIpc) is 2.77. The van der Waals surface area contributed by atoms with Gasteiger partial charge in [-0.05, 0) is 38.0 Å². The van der Waals surface area contributed by atoms with E-state index in [4.69, 9.17) is 4.74 Å². The van der Waals surface area contributed by atoms with Gasteiger partial charge in [0, 0.05) is 18.7 Å². The number of aliphatic hydroxyl groups excluding tert-OH is 1. The highest BCUT2D eigenvalue weighted by molar-refractivity contribution is 5.21. The van der Waals surface area contributed by atoms with Crippen molar-refractivity contribution in [3.63, 3.8) is 0 Å². The first-order valence-corrected chi connectivity index (χ1v) is 6.49. The molecule has 0 saturated carbocycles.